The van der Waals surface area contributed by atoms with E-state index in [0.29, 0.717) is 5.56 Å². The lowest BCUT2D eigenvalue weighted by Crippen LogP contribution is -2.32. The number of alkyl halides is 4. The molecule has 0 fully saturated rings. The minimum absolute atomic E-state index is 0.0813. The Labute approximate surface area is 101 Å². The highest BCUT2D eigenvalue weighted by Gasteiger charge is 2.40. The van der Waals surface area contributed by atoms with E-state index in [2.05, 4.69) is 4.74 Å². The molecule has 1 aromatic carbocycles. The van der Waals surface area contributed by atoms with Crippen LogP contribution in [0.2, 0.25) is 0 Å². The smallest absolute Gasteiger partial charge is 0.330 e. The van der Waals surface area contributed by atoms with Gasteiger partial charge in [-0.15, -0.1) is 0 Å². The molecule has 18 heavy (non-hydrogen) atoms. The molecule has 0 radical (unpaired) electrons. The Morgan fingerprint density at radius 2 is 1.78 bits per heavy atom. The number of hydrogen-bond acceptors (Lipinski definition) is 2. The molecule has 102 valence electrons. The number of ether oxygens (including phenoxy) is 1. The molecular weight excluding hydrogens is 257 g/mol. The molecule has 1 rings (SSSR count). The van der Waals surface area contributed by atoms with E-state index in [4.69, 9.17) is 5.73 Å². The third-order valence-electron chi connectivity index (χ3n) is 2.14. The van der Waals surface area contributed by atoms with Crippen molar-refractivity contribution < 1.29 is 26.7 Å². The number of hydrogen-bond donors (Lipinski definition) is 1. The molecule has 2 N–H and O–H groups in total. The van der Waals surface area contributed by atoms with Gasteiger partial charge in [0.1, 0.15) is 12.4 Å². The molecule has 0 saturated carbocycles. The molecular formula is C11H12F5NO. The molecule has 0 aliphatic heterocycles. The van der Waals surface area contributed by atoms with Crippen LogP contribution in [-0.2, 0) is 17.9 Å². The van der Waals surface area contributed by atoms with E-state index in [1.54, 1.807) is 0 Å². The van der Waals surface area contributed by atoms with Crippen molar-refractivity contribution in [1.82, 2.24) is 0 Å². The molecule has 1 aromatic rings. The van der Waals surface area contributed by atoms with Gasteiger partial charge in [-0.25, -0.2) is 13.2 Å². The normalized spacial score (nSPS) is 12.2. The lowest BCUT2D eigenvalue weighted by atomic mass is 10.1. The van der Waals surface area contributed by atoms with Crippen molar-refractivity contribution in [2.45, 2.75) is 25.5 Å². The Hall–Kier alpha value is -1.21. The molecule has 0 heterocycles. The fraction of sp³-hybridized carbons (Fsp3) is 0.455. The second-order valence-electron chi connectivity index (χ2n) is 3.73. The SMILES string of the molecule is NCc1cc(F)cc(COCC(F)(F)C(F)F)c1. The van der Waals surface area contributed by atoms with Crippen LogP contribution in [0.15, 0.2) is 18.2 Å². The minimum Gasteiger partial charge on any atom is -0.370 e. The van der Waals surface area contributed by atoms with Crippen molar-refractivity contribution in [2.75, 3.05) is 6.61 Å². The fourth-order valence-electron chi connectivity index (χ4n) is 1.29. The summed E-state index contributed by atoms with van der Waals surface area (Å²) in [7, 11) is 0. The zero-order valence-corrected chi connectivity index (χ0v) is 9.31. The maximum absolute atomic E-state index is 13.0. The minimum atomic E-state index is -4.20. The van der Waals surface area contributed by atoms with E-state index in [0.717, 1.165) is 6.07 Å². The molecule has 0 aliphatic carbocycles. The second-order valence-corrected chi connectivity index (χ2v) is 3.73. The molecule has 7 heteroatoms. The number of nitrogens with two attached hydrogens (primary N) is 1. The first-order valence-electron chi connectivity index (χ1n) is 5.07. The molecule has 2 nitrogen and oxygen atoms in total. The quantitative estimate of drug-likeness (QED) is 0.806. The molecule has 0 unspecified atom stereocenters. The van der Waals surface area contributed by atoms with Crippen LogP contribution >= 0.6 is 0 Å². The van der Waals surface area contributed by atoms with Crippen molar-refractivity contribution in [1.29, 1.82) is 0 Å². The van der Waals surface area contributed by atoms with Gasteiger partial charge in [-0.2, -0.15) is 8.78 Å². The first kappa shape index (κ1) is 14.8. The van der Waals surface area contributed by atoms with Crippen LogP contribution in [0, 0.1) is 5.82 Å². The van der Waals surface area contributed by atoms with Crippen LogP contribution in [0.5, 0.6) is 0 Å². The summed E-state index contributed by atoms with van der Waals surface area (Å²) in [6.07, 6.45) is -3.79. The Balaban J connectivity index is 2.56. The van der Waals surface area contributed by atoms with Crippen molar-refractivity contribution >= 4 is 0 Å². The standard InChI is InChI=1S/C11H12F5NO/c12-9-2-7(4-17)1-8(3-9)5-18-6-11(15,16)10(13)14/h1-3,10H,4-6,17H2. The van der Waals surface area contributed by atoms with Gasteiger partial charge >= 0.3 is 12.3 Å². The number of benzene rings is 1. The predicted octanol–water partition coefficient (Wildman–Crippen LogP) is 2.70. The van der Waals surface area contributed by atoms with Crippen LogP contribution < -0.4 is 5.73 Å². The Bertz CT molecular complexity index is 397. The zero-order chi connectivity index (χ0) is 13.8. The molecule has 0 aromatic heterocycles. The van der Waals surface area contributed by atoms with E-state index in [1.807, 2.05) is 0 Å². The lowest BCUT2D eigenvalue weighted by molar-refractivity contribution is -0.168. The highest BCUT2D eigenvalue weighted by Crippen LogP contribution is 2.23. The molecule has 0 atom stereocenters. The summed E-state index contributed by atoms with van der Waals surface area (Å²) in [6.45, 7) is -1.72. The lowest BCUT2D eigenvalue weighted by Gasteiger charge is -2.15. The van der Waals surface area contributed by atoms with E-state index in [1.165, 1.54) is 12.1 Å². The van der Waals surface area contributed by atoms with Gasteiger partial charge in [-0.3, -0.25) is 0 Å². The van der Waals surface area contributed by atoms with Crippen LogP contribution in [0.4, 0.5) is 22.0 Å². The van der Waals surface area contributed by atoms with Gasteiger partial charge in [0.15, 0.2) is 0 Å². The predicted molar refractivity (Wildman–Crippen MR) is 54.9 cm³/mol. The number of rotatable bonds is 6. The van der Waals surface area contributed by atoms with Crippen molar-refractivity contribution in [3.63, 3.8) is 0 Å². The molecule has 0 bridgehead atoms. The molecule has 0 spiro atoms. The van der Waals surface area contributed by atoms with E-state index < -0.39 is 24.8 Å². The van der Waals surface area contributed by atoms with Gasteiger partial charge in [0, 0.05) is 6.54 Å². The summed E-state index contributed by atoms with van der Waals surface area (Å²) >= 11 is 0. The zero-order valence-electron chi connectivity index (χ0n) is 9.31. The van der Waals surface area contributed by atoms with Crippen LogP contribution in [-0.4, -0.2) is 19.0 Å². The summed E-state index contributed by atoms with van der Waals surface area (Å²) in [4.78, 5) is 0. The van der Waals surface area contributed by atoms with E-state index in [9.17, 15) is 22.0 Å². The van der Waals surface area contributed by atoms with Crippen molar-refractivity contribution in [3.8, 4) is 0 Å². The van der Waals surface area contributed by atoms with Crippen LogP contribution in [0.25, 0.3) is 0 Å². The first-order valence-corrected chi connectivity index (χ1v) is 5.07. The first-order chi connectivity index (χ1) is 8.35. The monoisotopic (exact) mass is 269 g/mol. The maximum Gasteiger partial charge on any atom is 0.330 e. The third-order valence-corrected chi connectivity index (χ3v) is 2.14. The van der Waals surface area contributed by atoms with Gasteiger partial charge in [0.2, 0.25) is 0 Å². The molecule has 0 amide bonds. The Morgan fingerprint density at radius 3 is 2.33 bits per heavy atom. The Morgan fingerprint density at radius 1 is 1.17 bits per heavy atom. The van der Waals surface area contributed by atoms with Gasteiger partial charge in [0.05, 0.1) is 6.61 Å². The largest absolute Gasteiger partial charge is 0.370 e. The average Bonchev–Trinajstić information content (AvgIpc) is 2.27. The highest BCUT2D eigenvalue weighted by molar-refractivity contribution is 5.24. The van der Waals surface area contributed by atoms with Crippen molar-refractivity contribution in [3.05, 3.63) is 35.1 Å². The fourth-order valence-corrected chi connectivity index (χ4v) is 1.29. The molecule has 0 aliphatic rings. The van der Waals surface area contributed by atoms with Crippen LogP contribution in [0.3, 0.4) is 0 Å². The van der Waals surface area contributed by atoms with E-state index >= 15 is 0 Å². The summed E-state index contributed by atoms with van der Waals surface area (Å²) in [5.41, 5.74) is 6.03. The van der Waals surface area contributed by atoms with Crippen molar-refractivity contribution in [2.24, 2.45) is 5.73 Å². The summed E-state index contributed by atoms with van der Waals surface area (Å²) in [6, 6.07) is 3.72. The summed E-state index contributed by atoms with van der Waals surface area (Å²) in [5.74, 6) is -4.79. The molecule has 0 saturated heterocycles. The summed E-state index contributed by atoms with van der Waals surface area (Å²) < 4.78 is 66.1. The van der Waals surface area contributed by atoms with Gasteiger partial charge in [-0.1, -0.05) is 6.07 Å². The second kappa shape index (κ2) is 6.10. The number of halogens is 5. The van der Waals surface area contributed by atoms with Gasteiger partial charge < -0.3 is 10.5 Å². The maximum atomic E-state index is 13.0. The Kier molecular flexibility index (Phi) is 5.03. The summed E-state index contributed by atoms with van der Waals surface area (Å²) in [5, 5.41) is 0. The van der Waals surface area contributed by atoms with Crippen LogP contribution in [0.1, 0.15) is 11.1 Å². The average molecular weight is 269 g/mol. The van der Waals surface area contributed by atoms with Gasteiger partial charge in [0.25, 0.3) is 0 Å². The highest BCUT2D eigenvalue weighted by atomic mass is 19.3. The third kappa shape index (κ3) is 4.23. The van der Waals surface area contributed by atoms with E-state index in [-0.39, 0.29) is 18.7 Å². The van der Waals surface area contributed by atoms with Gasteiger partial charge in [-0.05, 0) is 23.3 Å². The topological polar surface area (TPSA) is 35.2 Å².